The molecule has 2 aliphatic rings. The maximum Gasteiger partial charge on any atom is 0.285 e. The maximum atomic E-state index is 12.9. The number of amidine groups is 1. The van der Waals surface area contributed by atoms with Gasteiger partial charge < -0.3 is 15.1 Å². The summed E-state index contributed by atoms with van der Waals surface area (Å²) in [6.45, 7) is 14.8. The monoisotopic (exact) mass is 460 g/mol. The highest BCUT2D eigenvalue weighted by Crippen LogP contribution is 2.35. The molecule has 1 fully saturated rings. The van der Waals surface area contributed by atoms with Gasteiger partial charge in [-0.25, -0.2) is 0 Å². The molecule has 32 heavy (non-hydrogen) atoms. The average molecular weight is 461 g/mol. The van der Waals surface area contributed by atoms with Crippen molar-refractivity contribution in [2.24, 2.45) is 10.3 Å². The molecule has 3 rings (SSSR count). The van der Waals surface area contributed by atoms with E-state index in [2.05, 4.69) is 28.5 Å². The number of rotatable bonds is 7. The number of piperidine rings is 1. The molecule has 2 aliphatic heterocycles. The number of aryl methyl sites for hydroxylation is 2. The second-order valence-corrected chi connectivity index (χ2v) is 10.3. The third-order valence-corrected chi connectivity index (χ3v) is 8.17. The van der Waals surface area contributed by atoms with Gasteiger partial charge in [0.15, 0.2) is 0 Å². The molecule has 1 amide bonds. The summed E-state index contributed by atoms with van der Waals surface area (Å²) in [5.41, 5.74) is 3.56. The standard InChI is InChI=1S/C24H36N4O3S/c1-6-27(7-2)15-12-25-24(29)20-10-13-28(14-11-20)23-19(5)22(32(30,31)26-23)21-9-8-17(3)18(4)16-21/h8-9,16,20H,6-7,10-15H2,1-5H3,(H,25,29). The number of likely N-dealkylation sites (N-methyl/N-ethyl adjacent to an activating group) is 1. The van der Waals surface area contributed by atoms with Gasteiger partial charge in [-0.1, -0.05) is 32.0 Å². The molecule has 7 nitrogen and oxygen atoms in total. The normalized spacial score (nSPS) is 18.9. The van der Waals surface area contributed by atoms with Crippen molar-refractivity contribution in [2.45, 2.75) is 47.5 Å². The Morgan fingerprint density at radius 2 is 1.78 bits per heavy atom. The van der Waals surface area contributed by atoms with Crippen molar-refractivity contribution in [1.29, 1.82) is 0 Å². The van der Waals surface area contributed by atoms with Crippen LogP contribution in [0.2, 0.25) is 0 Å². The highest BCUT2D eigenvalue weighted by Gasteiger charge is 2.35. The maximum absolute atomic E-state index is 12.9. The Morgan fingerprint density at radius 1 is 1.12 bits per heavy atom. The van der Waals surface area contributed by atoms with Crippen LogP contribution in [0.3, 0.4) is 0 Å². The Kier molecular flexibility index (Phi) is 7.77. The molecular formula is C24H36N4O3S. The highest BCUT2D eigenvalue weighted by molar-refractivity contribution is 8.00. The molecule has 2 heterocycles. The van der Waals surface area contributed by atoms with E-state index in [-0.39, 0.29) is 11.8 Å². The van der Waals surface area contributed by atoms with E-state index in [0.717, 1.165) is 30.8 Å². The number of hydrogen-bond donors (Lipinski definition) is 1. The molecule has 8 heteroatoms. The molecule has 0 aliphatic carbocycles. The summed E-state index contributed by atoms with van der Waals surface area (Å²) in [5.74, 6) is 0.588. The zero-order valence-electron chi connectivity index (χ0n) is 19.9. The first-order valence-corrected chi connectivity index (χ1v) is 13.0. The Balaban J connectivity index is 1.64. The van der Waals surface area contributed by atoms with Crippen LogP contribution in [0.1, 0.15) is 50.3 Å². The lowest BCUT2D eigenvalue weighted by atomic mass is 9.95. The molecule has 1 saturated heterocycles. The van der Waals surface area contributed by atoms with Crippen molar-refractivity contribution >= 4 is 26.7 Å². The number of hydrogen-bond acceptors (Lipinski definition) is 5. The SMILES string of the molecule is CCN(CC)CCNC(=O)C1CCN(C2=NS(=O)(=O)C(c3ccc(C)c(C)c3)=C2C)CC1. The first kappa shape index (κ1) is 24.5. The predicted molar refractivity (Wildman–Crippen MR) is 130 cm³/mol. The number of amides is 1. The predicted octanol–water partition coefficient (Wildman–Crippen LogP) is 2.95. The second kappa shape index (κ2) is 10.2. The van der Waals surface area contributed by atoms with E-state index < -0.39 is 10.0 Å². The molecule has 0 radical (unpaired) electrons. The molecule has 0 aromatic heterocycles. The van der Waals surface area contributed by atoms with Gasteiger partial charge in [0.05, 0.1) is 0 Å². The Hall–Kier alpha value is -2.19. The van der Waals surface area contributed by atoms with Crippen molar-refractivity contribution in [3.05, 3.63) is 40.5 Å². The molecule has 1 aromatic carbocycles. The number of carbonyl (C=O) groups excluding carboxylic acids is 1. The molecule has 1 N–H and O–H groups in total. The molecule has 0 spiro atoms. The summed E-state index contributed by atoms with van der Waals surface area (Å²) >= 11 is 0. The van der Waals surface area contributed by atoms with Crippen LogP contribution in [0.25, 0.3) is 4.91 Å². The molecule has 0 atom stereocenters. The second-order valence-electron chi connectivity index (χ2n) is 8.72. The van der Waals surface area contributed by atoms with E-state index in [0.29, 0.717) is 54.4 Å². The lowest BCUT2D eigenvalue weighted by Gasteiger charge is -2.33. The third-order valence-electron chi connectivity index (χ3n) is 6.70. The summed E-state index contributed by atoms with van der Waals surface area (Å²) in [5, 5.41) is 3.06. The number of likely N-dealkylation sites (tertiary alicyclic amines) is 1. The molecule has 0 unspecified atom stereocenters. The number of benzene rings is 1. The first-order chi connectivity index (χ1) is 15.2. The molecule has 1 aromatic rings. The van der Waals surface area contributed by atoms with Gasteiger partial charge in [0.2, 0.25) is 5.91 Å². The van der Waals surface area contributed by atoms with Crippen molar-refractivity contribution < 1.29 is 13.2 Å². The molecule has 0 bridgehead atoms. The van der Waals surface area contributed by atoms with Gasteiger partial charge in [-0.2, -0.15) is 8.42 Å². The zero-order chi connectivity index (χ0) is 23.5. The number of sulfonamides is 1. The molecular weight excluding hydrogens is 424 g/mol. The zero-order valence-corrected chi connectivity index (χ0v) is 20.8. The number of nitrogens with zero attached hydrogens (tertiary/aromatic N) is 3. The summed E-state index contributed by atoms with van der Waals surface area (Å²) < 4.78 is 29.9. The Labute approximate surface area is 192 Å². The van der Waals surface area contributed by atoms with Crippen LogP contribution >= 0.6 is 0 Å². The van der Waals surface area contributed by atoms with Gasteiger partial charge in [0.25, 0.3) is 10.0 Å². The minimum Gasteiger partial charge on any atom is -0.356 e. The van der Waals surface area contributed by atoms with Gasteiger partial charge >= 0.3 is 0 Å². The van der Waals surface area contributed by atoms with Crippen LogP contribution in [0.15, 0.2) is 28.2 Å². The van der Waals surface area contributed by atoms with Gasteiger partial charge in [-0.3, -0.25) is 4.79 Å². The Bertz CT molecular complexity index is 1020. The topological polar surface area (TPSA) is 82.1 Å². The fourth-order valence-corrected chi connectivity index (χ4v) is 5.92. The lowest BCUT2D eigenvalue weighted by molar-refractivity contribution is -0.126. The summed E-state index contributed by atoms with van der Waals surface area (Å²) in [6, 6.07) is 5.72. The minimum absolute atomic E-state index is 0.0370. The van der Waals surface area contributed by atoms with Crippen molar-refractivity contribution in [3.63, 3.8) is 0 Å². The quantitative estimate of drug-likeness (QED) is 0.677. The van der Waals surface area contributed by atoms with Crippen molar-refractivity contribution in [2.75, 3.05) is 39.3 Å². The minimum atomic E-state index is -3.73. The fraction of sp³-hybridized carbons (Fsp3) is 0.583. The summed E-state index contributed by atoms with van der Waals surface area (Å²) in [7, 11) is -3.73. The van der Waals surface area contributed by atoms with Gasteiger partial charge in [-0.05, 0) is 63.4 Å². The van der Waals surface area contributed by atoms with E-state index in [1.54, 1.807) is 0 Å². The van der Waals surface area contributed by atoms with Crippen LogP contribution < -0.4 is 5.32 Å². The van der Waals surface area contributed by atoms with E-state index in [4.69, 9.17) is 0 Å². The van der Waals surface area contributed by atoms with Crippen molar-refractivity contribution in [1.82, 2.24) is 15.1 Å². The average Bonchev–Trinajstić information content (AvgIpc) is 3.02. The molecule has 176 valence electrons. The molecule has 0 saturated carbocycles. The van der Waals surface area contributed by atoms with Crippen LogP contribution in [-0.2, 0) is 14.8 Å². The van der Waals surface area contributed by atoms with E-state index in [1.807, 2.05) is 43.9 Å². The number of nitrogens with one attached hydrogen (secondary N) is 1. The largest absolute Gasteiger partial charge is 0.356 e. The number of carbonyl (C=O) groups is 1. The summed E-state index contributed by atoms with van der Waals surface area (Å²) in [4.78, 5) is 17.2. The van der Waals surface area contributed by atoms with Crippen LogP contribution in [0.5, 0.6) is 0 Å². The van der Waals surface area contributed by atoms with E-state index in [1.165, 1.54) is 0 Å². The Morgan fingerprint density at radius 3 is 2.38 bits per heavy atom. The van der Waals surface area contributed by atoms with Gasteiger partial charge in [-0.15, -0.1) is 4.40 Å². The first-order valence-electron chi connectivity index (χ1n) is 11.6. The summed E-state index contributed by atoms with van der Waals surface area (Å²) in [6.07, 6.45) is 1.39. The van der Waals surface area contributed by atoms with Crippen LogP contribution in [0.4, 0.5) is 0 Å². The highest BCUT2D eigenvalue weighted by atomic mass is 32.2. The lowest BCUT2D eigenvalue weighted by Crippen LogP contribution is -2.44. The van der Waals surface area contributed by atoms with E-state index in [9.17, 15) is 13.2 Å². The smallest absolute Gasteiger partial charge is 0.285 e. The van der Waals surface area contributed by atoms with Gasteiger partial charge in [0, 0.05) is 37.7 Å². The van der Waals surface area contributed by atoms with Crippen LogP contribution in [-0.4, -0.2) is 69.2 Å². The van der Waals surface area contributed by atoms with E-state index >= 15 is 0 Å². The fourth-order valence-electron chi connectivity index (χ4n) is 4.44. The van der Waals surface area contributed by atoms with Gasteiger partial charge in [0.1, 0.15) is 10.7 Å². The van der Waals surface area contributed by atoms with Crippen LogP contribution in [0, 0.1) is 19.8 Å². The third kappa shape index (κ3) is 5.23. The van der Waals surface area contributed by atoms with Crippen molar-refractivity contribution in [3.8, 4) is 0 Å².